The molecule has 0 spiro atoms. The summed E-state index contributed by atoms with van der Waals surface area (Å²) >= 11 is 1.23. The van der Waals surface area contributed by atoms with Gasteiger partial charge in [-0.1, -0.05) is 32.5 Å². The van der Waals surface area contributed by atoms with Crippen LogP contribution in [-0.2, 0) is 22.4 Å². The van der Waals surface area contributed by atoms with E-state index in [0.717, 1.165) is 30.5 Å². The predicted octanol–water partition coefficient (Wildman–Crippen LogP) is 3.65. The Bertz CT molecular complexity index is 1130. The van der Waals surface area contributed by atoms with Crippen LogP contribution in [0.4, 0.5) is 5.69 Å². The van der Waals surface area contributed by atoms with Gasteiger partial charge in [0.15, 0.2) is 0 Å². The van der Waals surface area contributed by atoms with E-state index in [1.165, 1.54) is 23.9 Å². The highest BCUT2D eigenvalue weighted by atomic mass is 32.2. The van der Waals surface area contributed by atoms with Crippen molar-refractivity contribution in [2.45, 2.75) is 45.1 Å². The molecule has 0 saturated heterocycles. The van der Waals surface area contributed by atoms with Crippen LogP contribution in [0.25, 0.3) is 0 Å². The molecule has 0 saturated carbocycles. The van der Waals surface area contributed by atoms with Gasteiger partial charge in [0.1, 0.15) is 17.6 Å². The zero-order valence-corrected chi connectivity index (χ0v) is 20.3. The van der Waals surface area contributed by atoms with Gasteiger partial charge >= 0.3 is 5.97 Å². The number of anilines is 1. The molecular formula is C25H28N4O4S. The van der Waals surface area contributed by atoms with Crippen LogP contribution in [0.5, 0.6) is 0 Å². The lowest BCUT2D eigenvalue weighted by Gasteiger charge is -2.34. The van der Waals surface area contributed by atoms with E-state index in [-0.39, 0.29) is 17.1 Å². The van der Waals surface area contributed by atoms with E-state index in [4.69, 9.17) is 10.1 Å². The third-order valence-electron chi connectivity index (χ3n) is 5.87. The molecular weight excluding hydrogens is 452 g/mol. The molecule has 1 aliphatic rings. The molecule has 3 N–H and O–H groups in total. The number of fused-ring (bicyclic) bond motifs is 1. The number of aromatic nitrogens is 1. The molecule has 1 aromatic carbocycles. The molecule has 178 valence electrons. The first-order chi connectivity index (χ1) is 16.1. The Hall–Kier alpha value is -3.38. The number of aryl methyl sites for hydroxylation is 1. The zero-order chi connectivity index (χ0) is 24.9. The number of nitrogens with zero attached hydrogens (tertiary/aromatic N) is 2. The van der Waals surface area contributed by atoms with Gasteiger partial charge in [-0.15, -0.1) is 0 Å². The third kappa shape index (κ3) is 6.58. The molecule has 8 nitrogen and oxygen atoms in total. The van der Waals surface area contributed by atoms with E-state index < -0.39 is 18.4 Å². The van der Waals surface area contributed by atoms with Crippen molar-refractivity contribution in [3.05, 3.63) is 52.7 Å². The number of carboxylic acid groups (broad SMARTS) is 1. The maximum absolute atomic E-state index is 12.4. The molecule has 1 aromatic heterocycles. The number of hydrogen-bond acceptors (Lipinski definition) is 6. The second kappa shape index (κ2) is 10.7. The van der Waals surface area contributed by atoms with Crippen molar-refractivity contribution in [1.82, 2.24) is 10.3 Å². The lowest BCUT2D eigenvalue weighted by molar-refractivity contribution is -0.135. The van der Waals surface area contributed by atoms with Gasteiger partial charge in [-0.2, -0.15) is 5.26 Å². The first kappa shape index (κ1) is 25.2. The van der Waals surface area contributed by atoms with Crippen LogP contribution in [-0.4, -0.2) is 40.2 Å². The highest BCUT2D eigenvalue weighted by Gasteiger charge is 2.30. The maximum Gasteiger partial charge on any atom is 0.322 e. The average molecular weight is 481 g/mol. The normalized spacial score (nSPS) is 15.1. The van der Waals surface area contributed by atoms with Gasteiger partial charge in [-0.25, -0.2) is 4.98 Å². The Balaban J connectivity index is 1.59. The van der Waals surface area contributed by atoms with Gasteiger partial charge in [0.2, 0.25) is 5.91 Å². The molecule has 3 rings (SSSR count). The number of pyridine rings is 1. The predicted molar refractivity (Wildman–Crippen MR) is 130 cm³/mol. The van der Waals surface area contributed by atoms with Crippen LogP contribution in [0.3, 0.4) is 0 Å². The van der Waals surface area contributed by atoms with E-state index in [2.05, 4.69) is 37.5 Å². The Morgan fingerprint density at radius 1 is 1.24 bits per heavy atom. The highest BCUT2D eigenvalue weighted by molar-refractivity contribution is 8.00. The number of nitrogens with one attached hydrogen (secondary N) is 2. The molecule has 1 aliphatic carbocycles. The van der Waals surface area contributed by atoms with Crippen molar-refractivity contribution in [1.29, 1.82) is 5.26 Å². The number of carbonyl (C=O) groups excluding carboxylic acids is 2. The summed E-state index contributed by atoms with van der Waals surface area (Å²) in [6.07, 6.45) is 2.84. The van der Waals surface area contributed by atoms with E-state index in [1.54, 1.807) is 12.1 Å². The third-order valence-corrected chi connectivity index (χ3v) is 6.86. The summed E-state index contributed by atoms with van der Waals surface area (Å²) in [5.74, 6) is -1.26. The highest BCUT2D eigenvalue weighted by Crippen LogP contribution is 2.38. The number of hydrogen-bond donors (Lipinski definition) is 3. The van der Waals surface area contributed by atoms with Crippen molar-refractivity contribution in [3.63, 3.8) is 0 Å². The number of benzene rings is 1. The fourth-order valence-corrected chi connectivity index (χ4v) is 4.64. The minimum absolute atomic E-state index is 0.0892. The summed E-state index contributed by atoms with van der Waals surface area (Å²) in [6.45, 7) is 6.26. The fraction of sp³-hybridized carbons (Fsp3) is 0.400. The number of nitriles is 1. The molecule has 1 unspecified atom stereocenters. The number of thioether (sulfide) groups is 1. The summed E-state index contributed by atoms with van der Waals surface area (Å²) in [4.78, 5) is 39.6. The Labute approximate surface area is 203 Å². The van der Waals surface area contributed by atoms with Crippen LogP contribution in [0.15, 0.2) is 35.4 Å². The summed E-state index contributed by atoms with van der Waals surface area (Å²) in [5.41, 5.74) is 3.63. The van der Waals surface area contributed by atoms with Gasteiger partial charge in [0.05, 0.1) is 11.3 Å². The number of amides is 2. The molecule has 2 aromatic rings. The van der Waals surface area contributed by atoms with Crippen LogP contribution < -0.4 is 10.6 Å². The minimum Gasteiger partial charge on any atom is -0.480 e. The van der Waals surface area contributed by atoms with Gasteiger partial charge in [-0.3, -0.25) is 14.4 Å². The van der Waals surface area contributed by atoms with E-state index in [1.807, 2.05) is 6.07 Å². The minimum atomic E-state index is -1.13. The van der Waals surface area contributed by atoms with Crippen molar-refractivity contribution >= 4 is 35.2 Å². The van der Waals surface area contributed by atoms with Crippen molar-refractivity contribution in [3.8, 4) is 6.07 Å². The largest absolute Gasteiger partial charge is 0.480 e. The van der Waals surface area contributed by atoms with Gasteiger partial charge in [0, 0.05) is 16.9 Å². The zero-order valence-electron chi connectivity index (χ0n) is 19.5. The SMILES string of the molecule is CC(C)(C)C1CCc2nc(SCC(=O)Nc3ccc(C(=O)NCC(=O)O)cc3)c(C#N)cc2C1. The fourth-order valence-electron chi connectivity index (χ4n) is 3.87. The molecule has 0 bridgehead atoms. The summed E-state index contributed by atoms with van der Waals surface area (Å²) < 4.78 is 0. The van der Waals surface area contributed by atoms with Gasteiger partial charge in [0.25, 0.3) is 5.91 Å². The second-order valence-corrected chi connectivity index (χ2v) is 10.3. The number of rotatable bonds is 7. The number of carboxylic acids is 1. The number of aliphatic carboxylic acids is 1. The van der Waals surface area contributed by atoms with E-state index in [0.29, 0.717) is 27.8 Å². The molecule has 2 amide bonds. The van der Waals surface area contributed by atoms with E-state index in [9.17, 15) is 19.6 Å². The van der Waals surface area contributed by atoms with Crippen LogP contribution in [0, 0.1) is 22.7 Å². The maximum atomic E-state index is 12.4. The summed E-state index contributed by atoms with van der Waals surface area (Å²) in [6, 6.07) is 10.3. The molecule has 1 atom stereocenters. The van der Waals surface area contributed by atoms with Crippen LogP contribution in [0.2, 0.25) is 0 Å². The van der Waals surface area contributed by atoms with Crippen molar-refractivity contribution in [2.24, 2.45) is 11.3 Å². The second-order valence-electron chi connectivity index (χ2n) is 9.36. The first-order valence-electron chi connectivity index (χ1n) is 11.0. The molecule has 9 heteroatoms. The Kier molecular flexibility index (Phi) is 7.94. The average Bonchev–Trinajstić information content (AvgIpc) is 2.80. The molecule has 0 fully saturated rings. The quantitative estimate of drug-likeness (QED) is 0.515. The summed E-state index contributed by atoms with van der Waals surface area (Å²) in [7, 11) is 0. The molecule has 1 heterocycles. The van der Waals surface area contributed by atoms with Crippen molar-refractivity contribution in [2.75, 3.05) is 17.6 Å². The topological polar surface area (TPSA) is 132 Å². The van der Waals surface area contributed by atoms with Gasteiger partial charge in [-0.05, 0) is 66.5 Å². The smallest absolute Gasteiger partial charge is 0.322 e. The molecule has 34 heavy (non-hydrogen) atoms. The van der Waals surface area contributed by atoms with Crippen LogP contribution in [0.1, 0.15) is 54.4 Å². The molecule has 0 radical (unpaired) electrons. The molecule has 0 aliphatic heterocycles. The lowest BCUT2D eigenvalue weighted by Crippen LogP contribution is -2.29. The summed E-state index contributed by atoms with van der Waals surface area (Å²) in [5, 5.41) is 23.8. The standard InChI is InChI=1S/C25H28N4O4S/c1-25(2,3)18-6-9-20-16(11-18)10-17(12-26)24(29-20)34-14-21(30)28-19-7-4-15(5-8-19)23(33)27-13-22(31)32/h4-5,7-8,10,18H,6,9,11,13-14H2,1-3H3,(H,27,33)(H,28,30)(H,31,32). The lowest BCUT2D eigenvalue weighted by atomic mass is 9.71. The Morgan fingerprint density at radius 2 is 1.94 bits per heavy atom. The van der Waals surface area contributed by atoms with Crippen LogP contribution >= 0.6 is 11.8 Å². The first-order valence-corrected chi connectivity index (χ1v) is 12.0. The number of carbonyl (C=O) groups is 3. The van der Waals surface area contributed by atoms with Crippen molar-refractivity contribution < 1.29 is 19.5 Å². The van der Waals surface area contributed by atoms with Gasteiger partial charge < -0.3 is 15.7 Å². The monoisotopic (exact) mass is 480 g/mol. The Morgan fingerprint density at radius 3 is 2.56 bits per heavy atom. The van der Waals surface area contributed by atoms with E-state index >= 15 is 0 Å².